The molecule has 0 saturated carbocycles. The minimum Gasteiger partial charge on any atom is -0.455 e. The summed E-state index contributed by atoms with van der Waals surface area (Å²) < 4.78 is 31.7. The van der Waals surface area contributed by atoms with Crippen LogP contribution in [0.1, 0.15) is 32.1 Å². The van der Waals surface area contributed by atoms with Crippen molar-refractivity contribution in [2.24, 2.45) is 5.92 Å². The predicted molar refractivity (Wildman–Crippen MR) is 97.1 cm³/mol. The molecule has 9 heteroatoms. The van der Waals surface area contributed by atoms with E-state index in [0.717, 1.165) is 32.4 Å². The van der Waals surface area contributed by atoms with Gasteiger partial charge in [0.25, 0.3) is 5.91 Å². The minimum atomic E-state index is -3.59. The number of sulfonamides is 1. The molecule has 0 aromatic carbocycles. The Morgan fingerprint density at radius 2 is 1.81 bits per heavy atom. The molecule has 0 radical (unpaired) electrons. The van der Waals surface area contributed by atoms with E-state index in [1.807, 2.05) is 0 Å². The number of nitrogens with zero attached hydrogens (tertiary/aromatic N) is 3. The first-order chi connectivity index (χ1) is 13.0. The number of hydrogen-bond acceptors (Lipinski definition) is 6. The van der Waals surface area contributed by atoms with Crippen LogP contribution in [0.4, 0.5) is 0 Å². The Hall–Kier alpha value is -2.00. The summed E-state index contributed by atoms with van der Waals surface area (Å²) in [5, 5.41) is 0. The molecule has 2 aliphatic rings. The van der Waals surface area contributed by atoms with Crippen molar-refractivity contribution in [3.63, 3.8) is 0 Å². The Morgan fingerprint density at radius 1 is 1.11 bits per heavy atom. The van der Waals surface area contributed by atoms with Crippen molar-refractivity contribution < 1.29 is 22.7 Å². The third-order valence-electron chi connectivity index (χ3n) is 5.11. The number of carbonyl (C=O) groups is 2. The number of esters is 1. The molecule has 27 heavy (non-hydrogen) atoms. The summed E-state index contributed by atoms with van der Waals surface area (Å²) in [5.41, 5.74) is 0. The van der Waals surface area contributed by atoms with Crippen LogP contribution in [-0.2, 0) is 24.3 Å². The van der Waals surface area contributed by atoms with Gasteiger partial charge in [0.05, 0.1) is 5.92 Å². The quantitative estimate of drug-likeness (QED) is 0.691. The van der Waals surface area contributed by atoms with Crippen LogP contribution in [0, 0.1) is 5.92 Å². The average Bonchev–Trinajstić information content (AvgIpc) is 2.73. The molecule has 1 aromatic heterocycles. The zero-order chi connectivity index (χ0) is 19.3. The van der Waals surface area contributed by atoms with Gasteiger partial charge < -0.3 is 9.64 Å². The minimum absolute atomic E-state index is 0.151. The van der Waals surface area contributed by atoms with Gasteiger partial charge >= 0.3 is 5.97 Å². The van der Waals surface area contributed by atoms with Gasteiger partial charge in [0.2, 0.25) is 10.0 Å². The highest BCUT2D eigenvalue weighted by molar-refractivity contribution is 7.89. The Balaban J connectivity index is 1.47. The summed E-state index contributed by atoms with van der Waals surface area (Å²) >= 11 is 0. The number of rotatable bonds is 5. The topological polar surface area (TPSA) is 96.9 Å². The molecule has 3 heterocycles. The summed E-state index contributed by atoms with van der Waals surface area (Å²) in [6.07, 6.45) is 6.72. The highest BCUT2D eigenvalue weighted by Gasteiger charge is 2.33. The summed E-state index contributed by atoms with van der Waals surface area (Å²) in [6, 6.07) is 3.09. The van der Waals surface area contributed by atoms with E-state index < -0.39 is 16.0 Å². The maximum absolute atomic E-state index is 12.6. The van der Waals surface area contributed by atoms with Crippen LogP contribution in [0.25, 0.3) is 0 Å². The Morgan fingerprint density at radius 3 is 2.44 bits per heavy atom. The zero-order valence-corrected chi connectivity index (χ0v) is 16.1. The Labute approximate surface area is 159 Å². The SMILES string of the molecule is O=C(OCC(=O)N1CCCCC1)C1CCN(S(=O)(=O)c2cccnc2)CC1. The standard InChI is InChI=1S/C18H25N3O5S/c22-17(20-9-2-1-3-10-20)14-26-18(23)15-6-11-21(12-7-15)27(24,25)16-5-4-8-19-13-16/h4-5,8,13,15H,1-3,6-7,9-12,14H2. The molecular formula is C18H25N3O5S. The fourth-order valence-electron chi connectivity index (χ4n) is 3.47. The molecule has 3 rings (SSSR count). The van der Waals surface area contributed by atoms with Crippen LogP contribution in [0.3, 0.4) is 0 Å². The first-order valence-corrected chi connectivity index (χ1v) is 10.8. The molecule has 1 aromatic rings. The molecule has 0 aliphatic carbocycles. The van der Waals surface area contributed by atoms with E-state index >= 15 is 0 Å². The van der Waals surface area contributed by atoms with Gasteiger partial charge in [0.1, 0.15) is 4.90 Å². The second-order valence-electron chi connectivity index (χ2n) is 6.92. The first kappa shape index (κ1) is 19.8. The number of pyridine rings is 1. The first-order valence-electron chi connectivity index (χ1n) is 9.33. The molecule has 8 nitrogen and oxygen atoms in total. The van der Waals surface area contributed by atoms with Crippen LogP contribution >= 0.6 is 0 Å². The van der Waals surface area contributed by atoms with E-state index in [-0.39, 0.29) is 36.4 Å². The van der Waals surface area contributed by atoms with E-state index in [0.29, 0.717) is 12.8 Å². The second-order valence-corrected chi connectivity index (χ2v) is 8.85. The van der Waals surface area contributed by atoms with Crippen molar-refractivity contribution >= 4 is 21.9 Å². The van der Waals surface area contributed by atoms with Crippen molar-refractivity contribution in [3.05, 3.63) is 24.5 Å². The van der Waals surface area contributed by atoms with E-state index in [1.54, 1.807) is 11.0 Å². The lowest BCUT2D eigenvalue weighted by Crippen LogP contribution is -2.42. The third kappa shape index (κ3) is 4.84. The Bertz CT molecular complexity index is 754. The largest absolute Gasteiger partial charge is 0.455 e. The van der Waals surface area contributed by atoms with Gasteiger partial charge in [-0.05, 0) is 44.2 Å². The summed E-state index contributed by atoms with van der Waals surface area (Å²) in [6.45, 7) is 1.71. The van der Waals surface area contributed by atoms with Crippen molar-refractivity contribution in [1.29, 1.82) is 0 Å². The van der Waals surface area contributed by atoms with Crippen molar-refractivity contribution in [1.82, 2.24) is 14.2 Å². The van der Waals surface area contributed by atoms with Gasteiger partial charge in [-0.2, -0.15) is 4.31 Å². The van der Waals surface area contributed by atoms with Gasteiger partial charge in [-0.3, -0.25) is 14.6 Å². The number of piperidine rings is 2. The van der Waals surface area contributed by atoms with Crippen molar-refractivity contribution in [3.8, 4) is 0 Å². The molecular weight excluding hydrogens is 370 g/mol. The van der Waals surface area contributed by atoms with Crippen LogP contribution in [0.5, 0.6) is 0 Å². The molecule has 0 unspecified atom stereocenters. The normalized spacial score (nSPS) is 19.6. The fourth-order valence-corrected chi connectivity index (χ4v) is 4.90. The van der Waals surface area contributed by atoms with E-state index in [1.165, 1.54) is 22.8 Å². The molecule has 0 atom stereocenters. The summed E-state index contributed by atoms with van der Waals surface area (Å²) in [5.74, 6) is -0.946. The van der Waals surface area contributed by atoms with Crippen LogP contribution in [-0.4, -0.2) is 67.3 Å². The molecule has 0 spiro atoms. The van der Waals surface area contributed by atoms with Gasteiger partial charge in [-0.1, -0.05) is 0 Å². The number of amides is 1. The highest BCUT2D eigenvalue weighted by Crippen LogP contribution is 2.24. The van der Waals surface area contributed by atoms with Gasteiger partial charge in [0.15, 0.2) is 6.61 Å². The van der Waals surface area contributed by atoms with Gasteiger partial charge in [-0.15, -0.1) is 0 Å². The predicted octanol–water partition coefficient (Wildman–Crippen LogP) is 1.04. The summed E-state index contributed by atoms with van der Waals surface area (Å²) in [4.78, 5) is 30.1. The molecule has 0 bridgehead atoms. The summed E-state index contributed by atoms with van der Waals surface area (Å²) in [7, 11) is -3.59. The molecule has 2 saturated heterocycles. The van der Waals surface area contributed by atoms with E-state index in [4.69, 9.17) is 4.74 Å². The molecule has 1 amide bonds. The number of aromatic nitrogens is 1. The smallest absolute Gasteiger partial charge is 0.309 e. The van der Waals surface area contributed by atoms with Crippen molar-refractivity contribution in [2.75, 3.05) is 32.8 Å². The fraction of sp³-hybridized carbons (Fsp3) is 0.611. The third-order valence-corrected chi connectivity index (χ3v) is 6.99. The molecule has 0 N–H and O–H groups in total. The number of ether oxygens (including phenoxy) is 1. The molecule has 148 valence electrons. The van der Waals surface area contributed by atoms with Crippen LogP contribution in [0.2, 0.25) is 0 Å². The highest BCUT2D eigenvalue weighted by atomic mass is 32.2. The van der Waals surface area contributed by atoms with Crippen LogP contribution < -0.4 is 0 Å². The number of hydrogen-bond donors (Lipinski definition) is 0. The molecule has 2 fully saturated rings. The zero-order valence-electron chi connectivity index (χ0n) is 15.2. The van der Waals surface area contributed by atoms with Gasteiger partial charge in [-0.25, -0.2) is 8.42 Å². The van der Waals surface area contributed by atoms with Crippen molar-refractivity contribution in [2.45, 2.75) is 37.0 Å². The molecule has 2 aliphatic heterocycles. The number of likely N-dealkylation sites (tertiary alicyclic amines) is 1. The van der Waals surface area contributed by atoms with Crippen LogP contribution in [0.15, 0.2) is 29.4 Å². The average molecular weight is 395 g/mol. The maximum Gasteiger partial charge on any atom is 0.309 e. The number of carbonyl (C=O) groups excluding carboxylic acids is 2. The lowest BCUT2D eigenvalue weighted by atomic mass is 9.98. The Kier molecular flexibility index (Phi) is 6.43. The van der Waals surface area contributed by atoms with E-state index in [9.17, 15) is 18.0 Å². The van der Waals surface area contributed by atoms with Gasteiger partial charge in [0, 0.05) is 38.6 Å². The lowest BCUT2D eigenvalue weighted by Gasteiger charge is -2.30. The lowest BCUT2D eigenvalue weighted by molar-refractivity contribution is -0.156. The monoisotopic (exact) mass is 395 g/mol. The maximum atomic E-state index is 12.6. The van der Waals surface area contributed by atoms with E-state index in [2.05, 4.69) is 4.98 Å². The second kappa shape index (κ2) is 8.79.